The first-order valence-corrected chi connectivity index (χ1v) is 20.1. The lowest BCUT2D eigenvalue weighted by molar-refractivity contribution is 0.248. The van der Waals surface area contributed by atoms with Gasteiger partial charge in [-0.2, -0.15) is 9.97 Å². The molecule has 0 radical (unpaired) electrons. The van der Waals surface area contributed by atoms with Crippen molar-refractivity contribution in [1.29, 1.82) is 0 Å². The average molecular weight is 770 g/mol. The van der Waals surface area contributed by atoms with Gasteiger partial charge in [0.25, 0.3) is 0 Å². The molecule has 2 unspecified atom stereocenters. The quantitative estimate of drug-likeness (QED) is 0.210. The summed E-state index contributed by atoms with van der Waals surface area (Å²) in [5.41, 5.74) is 2.76. The lowest BCUT2D eigenvalue weighted by Crippen LogP contribution is -2.52. The van der Waals surface area contributed by atoms with Crippen molar-refractivity contribution < 1.29 is 18.6 Å². The predicted octanol–water partition coefficient (Wildman–Crippen LogP) is 4.80. The molecule has 2 aromatic heterocycles. The molecule has 5 heterocycles. The maximum Gasteiger partial charge on any atom is 0.227 e. The maximum atomic E-state index is 12.6. The fraction of sp³-hybridized carbons (Fsp3) is 0.588. The highest BCUT2D eigenvalue weighted by molar-refractivity contribution is 7.85. The molecule has 0 spiro atoms. The van der Waals surface area contributed by atoms with Gasteiger partial charge in [-0.1, -0.05) is 46.7 Å². The van der Waals surface area contributed by atoms with Crippen LogP contribution in [0.15, 0.2) is 34.1 Å². The zero-order chi connectivity index (χ0) is 35.4. The molecule has 6 rings (SSSR count). The van der Waals surface area contributed by atoms with Gasteiger partial charge in [0.2, 0.25) is 11.2 Å². The summed E-state index contributed by atoms with van der Waals surface area (Å²) in [7, 11) is -2.18. The Morgan fingerprint density at radius 3 is 1.84 bits per heavy atom. The molecular formula is C34H50Cl2N8O4S2. The Morgan fingerprint density at radius 2 is 1.34 bits per heavy atom. The number of aromatic nitrogens is 4. The van der Waals surface area contributed by atoms with Gasteiger partial charge in [0.1, 0.15) is 21.4 Å². The van der Waals surface area contributed by atoms with E-state index in [9.17, 15) is 18.6 Å². The highest BCUT2D eigenvalue weighted by Gasteiger charge is 2.32. The Kier molecular flexibility index (Phi) is 14.2. The van der Waals surface area contributed by atoms with Crippen molar-refractivity contribution in [2.24, 2.45) is 11.8 Å². The van der Waals surface area contributed by atoms with E-state index in [0.29, 0.717) is 51.7 Å². The largest absolute Gasteiger partial charge is 0.394 e. The maximum absolute atomic E-state index is 12.6. The minimum Gasteiger partial charge on any atom is -0.394 e. The Morgan fingerprint density at radius 1 is 0.820 bits per heavy atom. The molecule has 0 bridgehead atoms. The summed E-state index contributed by atoms with van der Waals surface area (Å²) in [6.45, 7) is 12.7. The molecule has 50 heavy (non-hydrogen) atoms. The topological polar surface area (TPSA) is 157 Å². The number of hydrogen-bond acceptors (Lipinski definition) is 12. The average Bonchev–Trinajstić information content (AvgIpc) is 3.64. The molecule has 0 amide bonds. The third kappa shape index (κ3) is 9.23. The first-order chi connectivity index (χ1) is 23.4. The number of halogens is 2. The van der Waals surface area contributed by atoms with Gasteiger partial charge in [0.15, 0.2) is 0 Å². The van der Waals surface area contributed by atoms with Gasteiger partial charge in [0.05, 0.1) is 58.3 Å². The van der Waals surface area contributed by atoms with Crippen molar-refractivity contribution in [2.45, 2.75) is 82.8 Å². The highest BCUT2D eigenvalue weighted by Crippen LogP contribution is 2.33. The van der Waals surface area contributed by atoms with Crippen LogP contribution >= 0.6 is 23.2 Å². The number of nitrogens with one attached hydrogen (secondary N) is 2. The van der Waals surface area contributed by atoms with E-state index in [1.54, 1.807) is 0 Å². The third-order valence-electron chi connectivity index (χ3n) is 9.06. The molecule has 276 valence electrons. The molecule has 4 N–H and O–H groups in total. The van der Waals surface area contributed by atoms with E-state index in [1.807, 2.05) is 39.8 Å². The third-order valence-corrected chi connectivity index (χ3v) is 12.4. The first-order valence-electron chi connectivity index (χ1n) is 16.7. The van der Waals surface area contributed by atoms with Crippen LogP contribution in [0, 0.1) is 11.8 Å². The molecule has 12 nitrogen and oxygen atoms in total. The number of hydrogen-bond donors (Lipinski definition) is 4. The van der Waals surface area contributed by atoms with Crippen molar-refractivity contribution in [2.75, 3.05) is 64.8 Å². The van der Waals surface area contributed by atoms with E-state index >= 15 is 0 Å². The Hall–Kier alpha value is -2.62. The Bertz CT molecular complexity index is 1670. The van der Waals surface area contributed by atoms with Crippen molar-refractivity contribution in [3.05, 3.63) is 46.0 Å². The number of fused-ring (bicyclic) bond motifs is 2. The summed E-state index contributed by atoms with van der Waals surface area (Å²) in [6.07, 6.45) is 1.35. The summed E-state index contributed by atoms with van der Waals surface area (Å²) in [4.78, 5) is 23.7. The molecule has 1 fully saturated rings. The lowest BCUT2D eigenvalue weighted by Gasteiger charge is -2.41. The summed E-state index contributed by atoms with van der Waals surface area (Å²) >= 11 is 11.9. The molecule has 0 saturated carbocycles. The predicted molar refractivity (Wildman–Crippen MR) is 205 cm³/mol. The van der Waals surface area contributed by atoms with Crippen LogP contribution in [0.4, 0.5) is 23.3 Å². The number of piperazine rings is 1. The fourth-order valence-electron chi connectivity index (χ4n) is 6.01. The zero-order valence-electron chi connectivity index (χ0n) is 28.5. The second-order valence-electron chi connectivity index (χ2n) is 13.2. The monoisotopic (exact) mass is 768 g/mol. The van der Waals surface area contributed by atoms with Gasteiger partial charge in [-0.25, -0.2) is 9.97 Å². The smallest absolute Gasteiger partial charge is 0.227 e. The van der Waals surface area contributed by atoms with Gasteiger partial charge in [-0.15, -0.1) is 0 Å². The van der Waals surface area contributed by atoms with Gasteiger partial charge in [0, 0.05) is 60.7 Å². The fourth-order valence-corrected chi connectivity index (χ4v) is 8.95. The molecule has 3 aromatic rings. The van der Waals surface area contributed by atoms with Crippen molar-refractivity contribution in [3.8, 4) is 0 Å². The molecule has 0 aliphatic carbocycles. The Balaban J connectivity index is 0.000000253. The van der Waals surface area contributed by atoms with Crippen LogP contribution in [0.1, 0.15) is 53.4 Å². The summed E-state index contributed by atoms with van der Waals surface area (Å²) in [6, 6.07) is 7.86. The van der Waals surface area contributed by atoms with E-state index < -0.39 is 21.6 Å². The van der Waals surface area contributed by atoms with E-state index in [-0.39, 0.29) is 55.9 Å². The van der Waals surface area contributed by atoms with Crippen LogP contribution in [0.3, 0.4) is 0 Å². The number of aryl methyl sites for hydroxylation is 2. The number of aliphatic hydroxyl groups excluding tert-OH is 2. The molecule has 3 aliphatic rings. The second kappa shape index (κ2) is 17.7. The van der Waals surface area contributed by atoms with Crippen LogP contribution < -0.4 is 20.4 Å². The van der Waals surface area contributed by atoms with Crippen molar-refractivity contribution in [3.63, 3.8) is 0 Å². The van der Waals surface area contributed by atoms with Crippen LogP contribution in [0.5, 0.6) is 0 Å². The molecule has 5 atom stereocenters. The number of benzene rings is 1. The normalized spacial score (nSPS) is 20.8. The van der Waals surface area contributed by atoms with E-state index in [1.165, 1.54) is 0 Å². The first kappa shape index (κ1) is 40.2. The Labute approximate surface area is 310 Å². The SMILES string of the molecule is C.CC(C)[C@H](CO)Nc1nc(Cl)nc2c1S(=O)CC2.CC(C)[C@H](CO)Nc1nc(N2CCN(c3ccc(Cl)cc3)C[C@H]2C)nc2c1S(=O)CC2. The summed E-state index contributed by atoms with van der Waals surface area (Å²) in [5, 5.41) is 26.5. The van der Waals surface area contributed by atoms with Crippen LogP contribution in [0.2, 0.25) is 10.3 Å². The van der Waals surface area contributed by atoms with Gasteiger partial charge >= 0.3 is 0 Å². The van der Waals surface area contributed by atoms with Crippen LogP contribution in [-0.2, 0) is 34.4 Å². The standard InChI is InChI=1S/C22H30ClN5O2S.C11H16ClN3O2S.CH4/c1-14(2)19(13-29)24-21-20-18(8-11-31(20)30)25-22(26-21)28-10-9-27(12-15(28)3)17-6-4-16(23)5-7-17;1-6(2)8(5-16)13-10-9-7(3-4-18(9)17)14-11(12)15-10;/h4-7,14-15,19,29H,8-13H2,1-3H3,(H,24,25,26);6,8,16H,3-5H2,1-2H3,(H,13,14,15);1H4/t15-,19+,31?;8-,18?;/m10./s1. The van der Waals surface area contributed by atoms with E-state index in [0.717, 1.165) is 41.7 Å². The lowest BCUT2D eigenvalue weighted by atomic mass is 10.1. The summed E-state index contributed by atoms with van der Waals surface area (Å²) in [5.74, 6) is 3.36. The van der Waals surface area contributed by atoms with Crippen molar-refractivity contribution in [1.82, 2.24) is 19.9 Å². The molecule has 1 saturated heterocycles. The van der Waals surface area contributed by atoms with Gasteiger partial charge in [-0.3, -0.25) is 8.42 Å². The van der Waals surface area contributed by atoms with Gasteiger partial charge in [-0.05, 0) is 54.6 Å². The van der Waals surface area contributed by atoms with E-state index in [2.05, 4.69) is 49.5 Å². The molecule has 16 heteroatoms. The number of aliphatic hydroxyl groups is 2. The minimum absolute atomic E-state index is 0. The minimum atomic E-state index is -1.10. The number of nitrogens with zero attached hydrogens (tertiary/aromatic N) is 6. The van der Waals surface area contributed by atoms with E-state index in [4.69, 9.17) is 33.2 Å². The second-order valence-corrected chi connectivity index (χ2v) is 17.0. The van der Waals surface area contributed by atoms with Crippen LogP contribution in [-0.4, -0.2) is 101 Å². The number of rotatable bonds is 10. The van der Waals surface area contributed by atoms with Gasteiger partial charge < -0.3 is 30.6 Å². The number of anilines is 4. The molecular weight excluding hydrogens is 719 g/mol. The molecule has 3 aliphatic heterocycles. The van der Waals surface area contributed by atoms with Crippen LogP contribution in [0.25, 0.3) is 0 Å². The highest BCUT2D eigenvalue weighted by atomic mass is 35.5. The zero-order valence-corrected chi connectivity index (χ0v) is 31.7. The van der Waals surface area contributed by atoms with Crippen molar-refractivity contribution >= 4 is 68.1 Å². The summed E-state index contributed by atoms with van der Waals surface area (Å²) < 4.78 is 24.5. The molecule has 1 aromatic carbocycles.